The smallest absolute Gasteiger partial charge is 0.376 e. The van der Waals surface area contributed by atoms with Crippen molar-refractivity contribution in [2.45, 2.75) is 6.18 Å². The number of halogens is 3. The highest BCUT2D eigenvalue weighted by molar-refractivity contribution is 7.80. The Morgan fingerprint density at radius 1 is 1.32 bits per heavy atom. The number of benzene rings is 1. The Bertz CT molecular complexity index is 900. The number of nitrogens with zero attached hydrogens (tertiary/aromatic N) is 3. The molecule has 0 unspecified atom stereocenters. The molecule has 2 aromatic heterocycles. The van der Waals surface area contributed by atoms with Crippen molar-refractivity contribution in [3.8, 4) is 0 Å². The van der Waals surface area contributed by atoms with Gasteiger partial charge in [-0.2, -0.15) is 18.3 Å². The van der Waals surface area contributed by atoms with Gasteiger partial charge in [0.05, 0.1) is 22.0 Å². The summed E-state index contributed by atoms with van der Waals surface area (Å²) in [6.07, 6.45) is -2.96. The van der Waals surface area contributed by atoms with Crippen molar-refractivity contribution in [2.24, 2.45) is 12.8 Å². The van der Waals surface area contributed by atoms with Crippen LogP contribution in [0, 0.1) is 0 Å². The Hall–Kier alpha value is -2.42. The van der Waals surface area contributed by atoms with E-state index in [1.54, 1.807) is 11.7 Å². The van der Waals surface area contributed by atoms with Crippen LogP contribution in [-0.4, -0.2) is 19.9 Å². The topological polar surface area (TPSA) is 68.8 Å². The Labute approximate surface area is 127 Å². The summed E-state index contributed by atoms with van der Waals surface area (Å²) in [5.74, 6) is 0.416. The molecule has 0 aliphatic carbocycles. The van der Waals surface area contributed by atoms with Crippen LogP contribution in [0.25, 0.3) is 21.8 Å². The van der Waals surface area contributed by atoms with Crippen molar-refractivity contribution in [3.05, 3.63) is 30.0 Å². The van der Waals surface area contributed by atoms with Crippen LogP contribution in [0.1, 0.15) is 5.56 Å². The van der Waals surface area contributed by atoms with E-state index in [1.165, 1.54) is 12.3 Å². The Balaban J connectivity index is 2.28. The van der Waals surface area contributed by atoms with E-state index < -0.39 is 11.7 Å². The molecular formula is C13H10F3N5S. The molecule has 22 heavy (non-hydrogen) atoms. The van der Waals surface area contributed by atoms with Gasteiger partial charge in [-0.15, -0.1) is 0 Å². The number of alkyl halides is 3. The number of rotatable bonds is 1. The van der Waals surface area contributed by atoms with Gasteiger partial charge in [-0.05, 0) is 24.4 Å². The van der Waals surface area contributed by atoms with E-state index in [0.717, 1.165) is 12.1 Å². The van der Waals surface area contributed by atoms with Crippen LogP contribution in [0.3, 0.4) is 0 Å². The molecule has 0 aliphatic rings. The van der Waals surface area contributed by atoms with E-state index >= 15 is 0 Å². The minimum Gasteiger partial charge on any atom is -0.376 e. The molecule has 0 saturated carbocycles. The van der Waals surface area contributed by atoms with Gasteiger partial charge in [0.25, 0.3) is 0 Å². The summed E-state index contributed by atoms with van der Waals surface area (Å²) in [7, 11) is 1.68. The van der Waals surface area contributed by atoms with Crippen LogP contribution < -0.4 is 11.1 Å². The maximum atomic E-state index is 12.8. The number of nitrogens with one attached hydrogen (secondary N) is 1. The van der Waals surface area contributed by atoms with Crippen LogP contribution in [0.15, 0.2) is 24.4 Å². The van der Waals surface area contributed by atoms with Crippen molar-refractivity contribution in [1.29, 1.82) is 0 Å². The maximum Gasteiger partial charge on any atom is 0.416 e. The number of thiocarbonyl (C=S) groups is 1. The van der Waals surface area contributed by atoms with E-state index in [-0.39, 0.29) is 10.6 Å². The fraction of sp³-hybridized carbons (Fsp3) is 0.154. The zero-order valence-corrected chi connectivity index (χ0v) is 12.1. The Morgan fingerprint density at radius 2 is 2.05 bits per heavy atom. The number of aryl methyl sites for hydroxylation is 1. The number of hydrogen-bond acceptors (Lipinski definition) is 3. The third-order valence-electron chi connectivity index (χ3n) is 3.24. The summed E-state index contributed by atoms with van der Waals surface area (Å²) in [6.45, 7) is 0. The molecule has 3 aromatic rings. The second-order valence-corrected chi connectivity index (χ2v) is 5.15. The monoisotopic (exact) mass is 325 g/mol. The van der Waals surface area contributed by atoms with Crippen LogP contribution >= 0.6 is 12.2 Å². The fourth-order valence-corrected chi connectivity index (χ4v) is 2.44. The van der Waals surface area contributed by atoms with E-state index in [9.17, 15) is 13.2 Å². The van der Waals surface area contributed by atoms with Crippen LogP contribution in [0.2, 0.25) is 0 Å². The quantitative estimate of drug-likeness (QED) is 0.673. The van der Waals surface area contributed by atoms with Crippen LogP contribution in [0.4, 0.5) is 19.0 Å². The standard InChI is InChI=1S/C13H10F3N5S/c1-21-10-7-3-2-6(13(14,15)16)4-9(7)18-5-8(10)11(20-21)19-12(17)22/h2-5H,1H3,(H3,17,19,20,22). The molecule has 3 N–H and O–H groups in total. The molecule has 5 nitrogen and oxygen atoms in total. The average Bonchev–Trinajstić information content (AvgIpc) is 2.73. The molecule has 0 saturated heterocycles. The van der Waals surface area contributed by atoms with Crippen LogP contribution in [0.5, 0.6) is 0 Å². The first-order chi connectivity index (χ1) is 10.3. The molecule has 1 aromatic carbocycles. The molecule has 9 heteroatoms. The molecule has 0 spiro atoms. The van der Waals surface area contributed by atoms with Gasteiger partial charge in [-0.3, -0.25) is 9.67 Å². The molecule has 114 valence electrons. The van der Waals surface area contributed by atoms with Gasteiger partial charge in [0.1, 0.15) is 0 Å². The first-order valence-electron chi connectivity index (χ1n) is 6.16. The van der Waals surface area contributed by atoms with E-state index in [0.29, 0.717) is 22.1 Å². The van der Waals surface area contributed by atoms with E-state index in [2.05, 4.69) is 15.4 Å². The number of pyridine rings is 1. The molecule has 0 radical (unpaired) electrons. The van der Waals surface area contributed by atoms with E-state index in [1.807, 2.05) is 0 Å². The first kappa shape index (κ1) is 14.5. The van der Waals surface area contributed by atoms with Crippen molar-refractivity contribution in [1.82, 2.24) is 14.8 Å². The lowest BCUT2D eigenvalue weighted by atomic mass is 10.1. The zero-order chi connectivity index (χ0) is 16.1. The molecule has 0 bridgehead atoms. The van der Waals surface area contributed by atoms with Gasteiger partial charge >= 0.3 is 6.18 Å². The number of hydrogen-bond donors (Lipinski definition) is 2. The molecule has 0 fully saturated rings. The molecular weight excluding hydrogens is 315 g/mol. The summed E-state index contributed by atoms with van der Waals surface area (Å²) in [5, 5.41) is 8.20. The van der Waals surface area contributed by atoms with Gasteiger partial charge in [0.2, 0.25) is 0 Å². The van der Waals surface area contributed by atoms with Crippen molar-refractivity contribution in [3.63, 3.8) is 0 Å². The maximum absolute atomic E-state index is 12.8. The van der Waals surface area contributed by atoms with Gasteiger partial charge < -0.3 is 11.1 Å². The summed E-state index contributed by atoms with van der Waals surface area (Å²) < 4.78 is 39.9. The Morgan fingerprint density at radius 3 is 2.68 bits per heavy atom. The van der Waals surface area contributed by atoms with Gasteiger partial charge in [0.15, 0.2) is 10.9 Å². The molecule has 2 heterocycles. The van der Waals surface area contributed by atoms with Crippen molar-refractivity contribution in [2.75, 3.05) is 5.32 Å². The second kappa shape index (κ2) is 4.80. The minimum atomic E-state index is -4.41. The molecule has 0 aliphatic heterocycles. The summed E-state index contributed by atoms with van der Waals surface area (Å²) in [5.41, 5.74) is 5.58. The lowest BCUT2D eigenvalue weighted by molar-refractivity contribution is -0.137. The van der Waals surface area contributed by atoms with Crippen LogP contribution in [-0.2, 0) is 13.2 Å². The third-order valence-corrected chi connectivity index (χ3v) is 3.34. The van der Waals surface area contributed by atoms with E-state index in [4.69, 9.17) is 18.0 Å². The van der Waals surface area contributed by atoms with Gasteiger partial charge in [0, 0.05) is 18.6 Å². The van der Waals surface area contributed by atoms with Crippen molar-refractivity contribution >= 4 is 45.0 Å². The summed E-state index contributed by atoms with van der Waals surface area (Å²) in [4.78, 5) is 4.09. The normalized spacial score (nSPS) is 12.0. The predicted octanol–water partition coefficient (Wildman–Crippen LogP) is 2.80. The molecule has 3 rings (SSSR count). The minimum absolute atomic E-state index is 0.0486. The number of aromatic nitrogens is 3. The lowest BCUT2D eigenvalue weighted by Crippen LogP contribution is -2.19. The van der Waals surface area contributed by atoms with Crippen molar-refractivity contribution < 1.29 is 13.2 Å². The van der Waals surface area contributed by atoms with Gasteiger partial charge in [-0.25, -0.2) is 0 Å². The highest BCUT2D eigenvalue weighted by atomic mass is 32.1. The first-order valence-corrected chi connectivity index (χ1v) is 6.57. The fourth-order valence-electron chi connectivity index (χ4n) is 2.34. The highest BCUT2D eigenvalue weighted by Gasteiger charge is 2.30. The summed E-state index contributed by atoms with van der Waals surface area (Å²) in [6, 6.07) is 3.43. The largest absolute Gasteiger partial charge is 0.416 e. The lowest BCUT2D eigenvalue weighted by Gasteiger charge is -2.08. The zero-order valence-electron chi connectivity index (χ0n) is 11.3. The summed E-state index contributed by atoms with van der Waals surface area (Å²) >= 11 is 4.78. The highest BCUT2D eigenvalue weighted by Crippen LogP contribution is 2.34. The molecule has 0 amide bonds. The predicted molar refractivity (Wildman–Crippen MR) is 81.4 cm³/mol. The average molecular weight is 325 g/mol. The number of anilines is 1. The second-order valence-electron chi connectivity index (χ2n) is 4.71. The number of fused-ring (bicyclic) bond motifs is 3. The SMILES string of the molecule is Cn1nc(NC(N)=S)c2cnc3cc(C(F)(F)F)ccc3c21. The van der Waals surface area contributed by atoms with Gasteiger partial charge in [-0.1, -0.05) is 6.07 Å². The Kier molecular flexibility index (Phi) is 3.17. The number of nitrogens with two attached hydrogens (primary N) is 1. The molecule has 0 atom stereocenters. The third kappa shape index (κ3) is 2.33.